The van der Waals surface area contributed by atoms with Crippen LogP contribution >= 0.6 is 7.75 Å². The molecule has 1 aromatic carbocycles. The zero-order chi connectivity index (χ0) is 29.3. The van der Waals surface area contributed by atoms with Crippen LogP contribution in [0.1, 0.15) is 40.3 Å². The highest BCUT2D eigenvalue weighted by molar-refractivity contribution is 7.52. The molecule has 1 aliphatic rings. The number of nitrogens with zero attached hydrogens (tertiary/aromatic N) is 4. The molecular formula is C25H35N6O8P. The summed E-state index contributed by atoms with van der Waals surface area (Å²) >= 11 is 0. The minimum atomic E-state index is -4.11. The van der Waals surface area contributed by atoms with E-state index in [1.165, 1.54) is 17.0 Å². The van der Waals surface area contributed by atoms with Gasteiger partial charge in [0.25, 0.3) is 0 Å². The van der Waals surface area contributed by atoms with Gasteiger partial charge in [-0.05, 0) is 46.8 Å². The molecule has 0 radical (unpaired) electrons. The maximum atomic E-state index is 13.8. The third kappa shape index (κ3) is 6.27. The van der Waals surface area contributed by atoms with E-state index in [9.17, 15) is 19.6 Å². The first-order valence-corrected chi connectivity index (χ1v) is 14.2. The summed E-state index contributed by atoms with van der Waals surface area (Å²) in [6.45, 7) is 7.87. The van der Waals surface area contributed by atoms with Crippen LogP contribution in [0, 0.1) is 5.41 Å². The number of imidazole rings is 1. The van der Waals surface area contributed by atoms with E-state index < -0.39 is 55.7 Å². The Kier molecular flexibility index (Phi) is 8.50. The van der Waals surface area contributed by atoms with Gasteiger partial charge in [0, 0.05) is 6.04 Å². The van der Waals surface area contributed by atoms with Gasteiger partial charge in [-0.2, -0.15) is 5.10 Å². The van der Waals surface area contributed by atoms with Gasteiger partial charge in [0.15, 0.2) is 11.5 Å². The second kappa shape index (κ2) is 11.4. The number of hydrogen-bond acceptors (Lipinski definition) is 12. The minimum absolute atomic E-state index is 0.0970. The molecule has 5 N–H and O–H groups in total. The van der Waals surface area contributed by atoms with Crippen LogP contribution in [-0.4, -0.2) is 73.3 Å². The number of aliphatic hydroxyl groups excluding tert-OH is 2. The highest BCUT2D eigenvalue weighted by Gasteiger charge is 2.54. The summed E-state index contributed by atoms with van der Waals surface area (Å²) in [5.41, 5.74) is 4.27. The Morgan fingerprint density at radius 1 is 1.27 bits per heavy atom. The van der Waals surface area contributed by atoms with Gasteiger partial charge in [0.05, 0.1) is 23.9 Å². The van der Waals surface area contributed by atoms with Crippen LogP contribution in [0.5, 0.6) is 5.75 Å². The molecule has 0 amide bonds. The van der Waals surface area contributed by atoms with E-state index in [-0.39, 0.29) is 23.8 Å². The Morgan fingerprint density at radius 3 is 2.65 bits per heavy atom. The fourth-order valence-electron chi connectivity index (χ4n) is 4.11. The van der Waals surface area contributed by atoms with Gasteiger partial charge in [-0.15, -0.1) is 0 Å². The number of esters is 1. The van der Waals surface area contributed by atoms with E-state index in [2.05, 4.69) is 20.2 Å². The van der Waals surface area contributed by atoms with E-state index in [1.807, 2.05) is 0 Å². The van der Waals surface area contributed by atoms with Gasteiger partial charge in [0.1, 0.15) is 42.6 Å². The molecule has 0 bridgehead atoms. The number of para-hydroxylation sites is 1. The molecule has 1 fully saturated rings. The van der Waals surface area contributed by atoms with Crippen molar-refractivity contribution in [1.82, 2.24) is 24.7 Å². The van der Waals surface area contributed by atoms with Crippen LogP contribution < -0.4 is 15.3 Å². The van der Waals surface area contributed by atoms with Crippen molar-refractivity contribution in [2.45, 2.75) is 64.6 Å². The monoisotopic (exact) mass is 578 g/mol. The number of anilines is 1. The summed E-state index contributed by atoms with van der Waals surface area (Å²) in [6, 6.07) is 7.74. The molecule has 3 heterocycles. The lowest BCUT2D eigenvalue weighted by Crippen LogP contribution is -2.39. The van der Waals surface area contributed by atoms with Crippen LogP contribution in [-0.2, 0) is 29.0 Å². The molecule has 15 heteroatoms. The zero-order valence-electron chi connectivity index (χ0n) is 22.9. The molecule has 6 atom stereocenters. The van der Waals surface area contributed by atoms with Crippen molar-refractivity contribution in [2.24, 2.45) is 5.41 Å². The number of nitrogens with one attached hydrogen (secondary N) is 1. The molecule has 1 saturated heterocycles. The fourth-order valence-corrected chi connectivity index (χ4v) is 5.64. The first-order valence-electron chi connectivity index (χ1n) is 12.7. The number of carbonyl (C=O) groups excluding carboxylic acids is 1. The number of hydrogen-bond donors (Lipinski definition) is 4. The Balaban J connectivity index is 1.50. The molecule has 0 spiro atoms. The molecule has 4 rings (SSSR count). The zero-order valence-corrected chi connectivity index (χ0v) is 23.8. The average molecular weight is 579 g/mol. The minimum Gasteiger partial charge on any atom is -0.464 e. The molecule has 40 heavy (non-hydrogen) atoms. The topological polar surface area (TPSA) is 193 Å². The number of nitrogens with two attached hydrogens (primary N) is 1. The Hall–Kier alpha value is -3.13. The summed E-state index contributed by atoms with van der Waals surface area (Å²) in [4.78, 5) is 20.3. The van der Waals surface area contributed by atoms with Crippen molar-refractivity contribution >= 4 is 25.2 Å². The summed E-state index contributed by atoms with van der Waals surface area (Å²) in [7, 11) is -4.11. The molecule has 218 valence electrons. The number of benzene rings is 1. The molecule has 1 unspecified atom stereocenters. The van der Waals surface area contributed by atoms with E-state index >= 15 is 0 Å². The van der Waals surface area contributed by atoms with Crippen molar-refractivity contribution in [2.75, 3.05) is 18.9 Å². The van der Waals surface area contributed by atoms with Gasteiger partial charge < -0.3 is 29.9 Å². The second-order valence-electron chi connectivity index (χ2n) is 10.8. The van der Waals surface area contributed by atoms with Crippen molar-refractivity contribution < 1.29 is 38.1 Å². The number of fused-ring (bicyclic) bond motifs is 1. The van der Waals surface area contributed by atoms with Crippen molar-refractivity contribution in [3.63, 3.8) is 0 Å². The smallest absolute Gasteiger partial charge is 0.459 e. The third-order valence-corrected chi connectivity index (χ3v) is 8.03. The van der Waals surface area contributed by atoms with Gasteiger partial charge in [-0.3, -0.25) is 9.32 Å². The molecule has 2 aromatic heterocycles. The largest absolute Gasteiger partial charge is 0.464 e. The quantitative estimate of drug-likeness (QED) is 0.201. The third-order valence-electron chi connectivity index (χ3n) is 6.34. The molecule has 0 aliphatic carbocycles. The number of aliphatic hydroxyl groups is 2. The SMILES string of the molecule is C[C@@H](COC(=O)C(C)(C)C)NP(=O)(OC[C@H]1O[C@@](C)(c2cnc3c(N)ncnn23)[C@H](O)[C@@H]1O)Oc1ccccc1. The van der Waals surface area contributed by atoms with E-state index in [4.69, 9.17) is 24.3 Å². The van der Waals surface area contributed by atoms with Crippen LogP contribution in [0.25, 0.3) is 5.65 Å². The van der Waals surface area contributed by atoms with E-state index in [0.717, 1.165) is 0 Å². The summed E-state index contributed by atoms with van der Waals surface area (Å²) in [5.74, 6) is -0.0285. The predicted molar refractivity (Wildman–Crippen MR) is 143 cm³/mol. The van der Waals surface area contributed by atoms with Crippen molar-refractivity contribution in [3.8, 4) is 5.75 Å². The molecule has 0 saturated carbocycles. The molecular weight excluding hydrogens is 543 g/mol. The summed E-state index contributed by atoms with van der Waals surface area (Å²) < 4.78 is 38.0. The molecule has 3 aromatic rings. The van der Waals surface area contributed by atoms with Crippen LogP contribution in [0.2, 0.25) is 0 Å². The number of rotatable bonds is 10. The maximum absolute atomic E-state index is 13.8. The normalized spacial score (nSPS) is 25.4. The average Bonchev–Trinajstić information content (AvgIpc) is 3.43. The first kappa shape index (κ1) is 29.8. The van der Waals surface area contributed by atoms with Crippen molar-refractivity contribution in [1.29, 1.82) is 0 Å². The summed E-state index contributed by atoms with van der Waals surface area (Å²) in [6.07, 6.45) is -1.31. The number of carbonyl (C=O) groups is 1. The maximum Gasteiger partial charge on any atom is 0.459 e. The van der Waals surface area contributed by atoms with Crippen LogP contribution in [0.4, 0.5) is 5.82 Å². The van der Waals surface area contributed by atoms with Crippen LogP contribution in [0.3, 0.4) is 0 Å². The van der Waals surface area contributed by atoms with E-state index in [1.54, 1.807) is 65.0 Å². The van der Waals surface area contributed by atoms with Gasteiger partial charge in [-0.1, -0.05) is 18.2 Å². The lowest BCUT2D eigenvalue weighted by molar-refractivity contribution is -0.153. The highest BCUT2D eigenvalue weighted by Crippen LogP contribution is 2.47. The van der Waals surface area contributed by atoms with Crippen LogP contribution in [0.15, 0.2) is 42.9 Å². The summed E-state index contributed by atoms with van der Waals surface area (Å²) in [5, 5.41) is 28.7. The van der Waals surface area contributed by atoms with Gasteiger partial charge in [-0.25, -0.2) is 24.1 Å². The predicted octanol–water partition coefficient (Wildman–Crippen LogP) is 1.81. The lowest BCUT2D eigenvalue weighted by Gasteiger charge is -2.27. The Labute approximate surface area is 231 Å². The molecule has 14 nitrogen and oxygen atoms in total. The Morgan fingerprint density at radius 2 is 1.98 bits per heavy atom. The second-order valence-corrected chi connectivity index (χ2v) is 12.5. The fraction of sp³-hybridized carbons (Fsp3) is 0.520. The van der Waals surface area contributed by atoms with Crippen molar-refractivity contribution in [3.05, 3.63) is 48.5 Å². The number of ether oxygens (including phenoxy) is 2. The highest BCUT2D eigenvalue weighted by atomic mass is 31.2. The van der Waals surface area contributed by atoms with E-state index in [0.29, 0.717) is 5.69 Å². The van der Waals surface area contributed by atoms with Gasteiger partial charge in [0.2, 0.25) is 0 Å². The molecule has 1 aliphatic heterocycles. The number of nitrogen functional groups attached to an aromatic ring is 1. The first-order chi connectivity index (χ1) is 18.7. The van der Waals surface area contributed by atoms with Gasteiger partial charge >= 0.3 is 13.7 Å². The Bertz CT molecular complexity index is 1380. The standard InChI is InChI=1S/C25H35N6O8P/c1-15(12-36-23(34)24(2,3)4)30-40(35,39-16-9-7-6-8-10-16)37-13-17-19(32)20(33)25(5,38-17)18-11-27-22-21(26)28-14-29-31(18)22/h6-11,14-15,17,19-20,32-33H,12-13H2,1-5H3,(H,30,35)(H2,26,28,29)/t15-,17+,19+,20+,25-,40?/m0/s1. The number of aromatic nitrogens is 4. The lowest BCUT2D eigenvalue weighted by atomic mass is 9.93.